The second-order valence-corrected chi connectivity index (χ2v) is 5.66. The molecule has 17 heavy (non-hydrogen) atoms. The van der Waals surface area contributed by atoms with Crippen molar-refractivity contribution in [1.82, 2.24) is 5.32 Å². The molecule has 0 amide bonds. The molecule has 2 nitrogen and oxygen atoms in total. The molecule has 96 valence electrons. The molecule has 0 aliphatic rings. The Balaban J connectivity index is 2.54. The molecule has 2 atom stereocenters. The number of thioether (sulfide) groups is 1. The number of nitrogens with one attached hydrogen (secondary N) is 1. The average molecular weight is 253 g/mol. The van der Waals surface area contributed by atoms with E-state index in [1.165, 1.54) is 5.75 Å². The molecule has 0 radical (unpaired) electrons. The zero-order valence-electron chi connectivity index (χ0n) is 11.2. The van der Waals surface area contributed by atoms with Crippen molar-refractivity contribution in [2.24, 2.45) is 5.92 Å². The zero-order chi connectivity index (χ0) is 12.8. The van der Waals surface area contributed by atoms with Crippen LogP contribution in [-0.4, -0.2) is 23.7 Å². The third-order valence-electron chi connectivity index (χ3n) is 2.88. The molecule has 1 aromatic carbocycles. The van der Waals surface area contributed by atoms with Crippen molar-refractivity contribution in [3.05, 3.63) is 29.3 Å². The first-order chi connectivity index (χ1) is 8.04. The Morgan fingerprint density at radius 2 is 2.06 bits per heavy atom. The number of phenolic OH excluding ortho intramolecular Hbond substituents is 1. The predicted octanol–water partition coefficient (Wildman–Crippen LogP) is 3.35. The van der Waals surface area contributed by atoms with Crippen LogP contribution in [0.4, 0.5) is 0 Å². The summed E-state index contributed by atoms with van der Waals surface area (Å²) < 4.78 is 0. The topological polar surface area (TPSA) is 32.3 Å². The predicted molar refractivity (Wildman–Crippen MR) is 76.8 cm³/mol. The maximum absolute atomic E-state index is 9.89. The molecule has 0 aliphatic heterocycles. The molecule has 1 aromatic rings. The highest BCUT2D eigenvalue weighted by Gasteiger charge is 2.11. The molecule has 0 bridgehead atoms. The number of aryl methyl sites for hydroxylation is 1. The van der Waals surface area contributed by atoms with Gasteiger partial charge in [-0.25, -0.2) is 0 Å². The minimum absolute atomic E-state index is 0.194. The van der Waals surface area contributed by atoms with Gasteiger partial charge in [0.25, 0.3) is 0 Å². The lowest BCUT2D eigenvalue weighted by molar-refractivity contribution is 0.443. The largest absolute Gasteiger partial charge is 0.508 e. The van der Waals surface area contributed by atoms with Crippen LogP contribution in [0.15, 0.2) is 18.2 Å². The molecule has 2 N–H and O–H groups in total. The maximum Gasteiger partial charge on any atom is 0.120 e. The zero-order valence-corrected chi connectivity index (χ0v) is 12.0. The van der Waals surface area contributed by atoms with Crippen LogP contribution >= 0.6 is 11.8 Å². The van der Waals surface area contributed by atoms with Crippen molar-refractivity contribution in [2.45, 2.75) is 26.8 Å². The summed E-state index contributed by atoms with van der Waals surface area (Å²) in [6.45, 7) is 7.30. The standard InChI is InChI=1S/C14H23NOS/c1-10-5-6-13(14(16)7-10)12(3)15-8-11(2)9-17-4/h5-7,11-12,15-16H,8-9H2,1-4H3. The van der Waals surface area contributed by atoms with E-state index >= 15 is 0 Å². The molecule has 1 rings (SSSR count). The summed E-state index contributed by atoms with van der Waals surface area (Å²) in [6, 6.07) is 6.05. The van der Waals surface area contributed by atoms with Crippen molar-refractivity contribution in [3.63, 3.8) is 0 Å². The van der Waals surface area contributed by atoms with Gasteiger partial charge in [-0.1, -0.05) is 19.1 Å². The molecule has 3 heteroatoms. The molecular formula is C14H23NOS. The van der Waals surface area contributed by atoms with Crippen LogP contribution < -0.4 is 5.32 Å². The fraction of sp³-hybridized carbons (Fsp3) is 0.571. The van der Waals surface area contributed by atoms with E-state index in [4.69, 9.17) is 0 Å². The van der Waals surface area contributed by atoms with Gasteiger partial charge in [-0.2, -0.15) is 11.8 Å². The summed E-state index contributed by atoms with van der Waals surface area (Å²) in [5, 5.41) is 13.4. The summed E-state index contributed by atoms with van der Waals surface area (Å²) in [6.07, 6.45) is 2.13. The van der Waals surface area contributed by atoms with Gasteiger partial charge in [0.15, 0.2) is 0 Å². The second-order valence-electron chi connectivity index (χ2n) is 4.75. The third kappa shape index (κ3) is 4.60. The van der Waals surface area contributed by atoms with E-state index in [1.54, 1.807) is 0 Å². The first-order valence-electron chi connectivity index (χ1n) is 6.06. The van der Waals surface area contributed by atoms with Gasteiger partial charge in [-0.05, 0) is 49.9 Å². The second kappa shape index (κ2) is 6.92. The average Bonchev–Trinajstić information content (AvgIpc) is 2.26. The van der Waals surface area contributed by atoms with Crippen LogP contribution in [0.5, 0.6) is 5.75 Å². The number of hydrogen-bond donors (Lipinski definition) is 2. The monoisotopic (exact) mass is 253 g/mol. The van der Waals surface area contributed by atoms with E-state index in [2.05, 4.69) is 25.4 Å². The van der Waals surface area contributed by atoms with Gasteiger partial charge in [0.05, 0.1) is 0 Å². The van der Waals surface area contributed by atoms with Crippen molar-refractivity contribution in [1.29, 1.82) is 0 Å². The summed E-state index contributed by atoms with van der Waals surface area (Å²) in [4.78, 5) is 0. The number of hydrogen-bond acceptors (Lipinski definition) is 3. The molecule has 0 aliphatic carbocycles. The Labute approximate surface area is 109 Å². The SMILES string of the molecule is CSCC(C)CNC(C)c1ccc(C)cc1O. The Morgan fingerprint density at radius 3 is 2.65 bits per heavy atom. The van der Waals surface area contributed by atoms with Gasteiger partial charge in [0.1, 0.15) is 5.75 Å². The van der Waals surface area contributed by atoms with Crippen molar-refractivity contribution < 1.29 is 5.11 Å². The highest BCUT2D eigenvalue weighted by molar-refractivity contribution is 7.98. The lowest BCUT2D eigenvalue weighted by Gasteiger charge is -2.18. The Bertz CT molecular complexity index is 354. The van der Waals surface area contributed by atoms with Crippen LogP contribution in [0.2, 0.25) is 0 Å². The van der Waals surface area contributed by atoms with Crippen LogP contribution in [0, 0.1) is 12.8 Å². The van der Waals surface area contributed by atoms with Crippen molar-refractivity contribution in [3.8, 4) is 5.75 Å². The highest BCUT2D eigenvalue weighted by Crippen LogP contribution is 2.25. The number of rotatable bonds is 6. The van der Waals surface area contributed by atoms with Gasteiger partial charge < -0.3 is 10.4 Å². The molecule has 0 saturated heterocycles. The van der Waals surface area contributed by atoms with Gasteiger partial charge in [-0.3, -0.25) is 0 Å². The van der Waals surface area contributed by atoms with Crippen LogP contribution in [0.25, 0.3) is 0 Å². The Morgan fingerprint density at radius 1 is 1.35 bits per heavy atom. The summed E-state index contributed by atoms with van der Waals surface area (Å²) in [7, 11) is 0. The van der Waals surface area contributed by atoms with E-state index in [0.29, 0.717) is 11.7 Å². The fourth-order valence-corrected chi connectivity index (χ4v) is 2.54. The van der Waals surface area contributed by atoms with Gasteiger partial charge in [0, 0.05) is 11.6 Å². The number of phenols is 1. The summed E-state index contributed by atoms with van der Waals surface area (Å²) >= 11 is 1.87. The van der Waals surface area contributed by atoms with E-state index < -0.39 is 0 Å². The maximum atomic E-state index is 9.89. The first kappa shape index (κ1) is 14.4. The number of benzene rings is 1. The molecular weight excluding hydrogens is 230 g/mol. The Hall–Kier alpha value is -0.670. The summed E-state index contributed by atoms with van der Waals surface area (Å²) in [5.41, 5.74) is 2.07. The third-order valence-corrected chi connectivity index (χ3v) is 3.78. The lowest BCUT2D eigenvalue weighted by Crippen LogP contribution is -2.25. The van der Waals surface area contributed by atoms with E-state index in [9.17, 15) is 5.11 Å². The molecule has 0 heterocycles. The lowest BCUT2D eigenvalue weighted by atomic mass is 10.0. The van der Waals surface area contributed by atoms with Crippen molar-refractivity contribution >= 4 is 11.8 Å². The van der Waals surface area contributed by atoms with Crippen LogP contribution in [0.3, 0.4) is 0 Å². The number of aromatic hydroxyl groups is 1. The van der Waals surface area contributed by atoms with E-state index in [1.807, 2.05) is 36.9 Å². The van der Waals surface area contributed by atoms with Crippen molar-refractivity contribution in [2.75, 3.05) is 18.6 Å². The van der Waals surface area contributed by atoms with Gasteiger partial charge >= 0.3 is 0 Å². The minimum atomic E-state index is 0.194. The van der Waals surface area contributed by atoms with E-state index in [-0.39, 0.29) is 6.04 Å². The van der Waals surface area contributed by atoms with Crippen LogP contribution in [-0.2, 0) is 0 Å². The van der Waals surface area contributed by atoms with Gasteiger partial charge in [0.2, 0.25) is 0 Å². The molecule has 0 fully saturated rings. The quantitative estimate of drug-likeness (QED) is 0.815. The normalized spacial score (nSPS) is 14.6. The smallest absolute Gasteiger partial charge is 0.120 e. The van der Waals surface area contributed by atoms with Gasteiger partial charge in [-0.15, -0.1) is 0 Å². The molecule has 2 unspecified atom stereocenters. The van der Waals surface area contributed by atoms with E-state index in [0.717, 1.165) is 17.7 Å². The summed E-state index contributed by atoms with van der Waals surface area (Å²) in [5.74, 6) is 2.21. The fourth-order valence-electron chi connectivity index (χ4n) is 1.85. The molecule has 0 spiro atoms. The highest BCUT2D eigenvalue weighted by atomic mass is 32.2. The molecule has 0 aromatic heterocycles. The Kier molecular flexibility index (Phi) is 5.86. The first-order valence-corrected chi connectivity index (χ1v) is 7.45. The minimum Gasteiger partial charge on any atom is -0.508 e. The molecule has 0 saturated carbocycles. The van der Waals surface area contributed by atoms with Crippen LogP contribution in [0.1, 0.15) is 31.0 Å².